The Kier molecular flexibility index (Phi) is 4.77. The lowest BCUT2D eigenvalue weighted by Crippen LogP contribution is -1.93. The Labute approximate surface area is 195 Å². The average Bonchev–Trinajstić information content (AvgIpc) is 3.54. The molecule has 0 saturated heterocycles. The molecule has 0 radical (unpaired) electrons. The van der Waals surface area contributed by atoms with Crippen molar-refractivity contribution in [1.82, 2.24) is 24.6 Å². The fraction of sp³-hybridized carbons (Fsp3) is 0.167. The zero-order valence-corrected chi connectivity index (χ0v) is 18.9. The number of benzene rings is 1. The third kappa shape index (κ3) is 3.47. The van der Waals surface area contributed by atoms with Crippen molar-refractivity contribution in [2.45, 2.75) is 26.9 Å². The molecule has 1 aromatic carbocycles. The molecule has 0 N–H and O–H groups in total. The molecule has 6 rings (SSSR count). The van der Waals surface area contributed by atoms with E-state index in [9.17, 15) is 8.78 Å². The van der Waals surface area contributed by atoms with Gasteiger partial charge in [0.15, 0.2) is 11.4 Å². The van der Waals surface area contributed by atoms with Crippen LogP contribution in [0, 0.1) is 13.8 Å². The Balaban J connectivity index is 1.35. The summed E-state index contributed by atoms with van der Waals surface area (Å²) in [6.45, 7) is 4.08. The zero-order chi connectivity index (χ0) is 23.4. The van der Waals surface area contributed by atoms with Gasteiger partial charge in [-0.2, -0.15) is 0 Å². The van der Waals surface area contributed by atoms with Gasteiger partial charge in [0.25, 0.3) is 6.43 Å². The molecule has 0 aliphatic carbocycles. The molecule has 5 heterocycles. The highest BCUT2D eigenvalue weighted by Gasteiger charge is 2.20. The Bertz CT molecular complexity index is 1670. The lowest BCUT2D eigenvalue weighted by molar-refractivity contribution is 0.146. The number of fused-ring (bicyclic) bond motifs is 5. The van der Waals surface area contributed by atoms with Crippen molar-refractivity contribution in [1.29, 1.82) is 0 Å². The first-order valence-corrected chi connectivity index (χ1v) is 11.3. The highest BCUT2D eigenvalue weighted by molar-refractivity contribution is 7.26. The summed E-state index contributed by atoms with van der Waals surface area (Å²) in [6.07, 6.45) is -1.07. The molecule has 0 aliphatic heterocycles. The molecule has 0 saturated carbocycles. The number of aryl methyl sites for hydroxylation is 2. The smallest absolute Gasteiger partial charge is 0.280 e. The van der Waals surface area contributed by atoms with Crippen LogP contribution >= 0.6 is 11.3 Å². The van der Waals surface area contributed by atoms with Crippen molar-refractivity contribution >= 4 is 37.4 Å². The van der Waals surface area contributed by atoms with Crippen molar-refractivity contribution in [2.75, 3.05) is 0 Å². The number of thiophene rings is 1. The van der Waals surface area contributed by atoms with Crippen LogP contribution in [-0.2, 0) is 6.61 Å². The Morgan fingerprint density at radius 3 is 2.71 bits per heavy atom. The monoisotopic (exact) mass is 477 g/mol. The van der Waals surface area contributed by atoms with E-state index in [-0.39, 0.29) is 12.3 Å². The fourth-order valence-electron chi connectivity index (χ4n) is 3.82. The van der Waals surface area contributed by atoms with Crippen molar-refractivity contribution in [3.05, 3.63) is 71.4 Å². The van der Waals surface area contributed by atoms with Crippen molar-refractivity contribution in [3.63, 3.8) is 0 Å². The zero-order valence-electron chi connectivity index (χ0n) is 18.1. The second-order valence-corrected chi connectivity index (χ2v) is 8.94. The minimum atomic E-state index is -2.64. The first-order valence-electron chi connectivity index (χ1n) is 10.5. The summed E-state index contributed by atoms with van der Waals surface area (Å²) in [7, 11) is 0. The minimum Gasteiger partial charge on any atom is -0.486 e. The highest BCUT2D eigenvalue weighted by atomic mass is 32.1. The van der Waals surface area contributed by atoms with Gasteiger partial charge in [0, 0.05) is 5.39 Å². The number of aromatic nitrogens is 5. The molecule has 0 atom stereocenters. The second-order valence-electron chi connectivity index (χ2n) is 7.94. The maximum Gasteiger partial charge on any atom is 0.280 e. The van der Waals surface area contributed by atoms with Gasteiger partial charge in [-0.25, -0.2) is 28.2 Å². The van der Waals surface area contributed by atoms with E-state index in [1.54, 1.807) is 23.8 Å². The van der Waals surface area contributed by atoms with Crippen LogP contribution < -0.4 is 4.74 Å². The van der Waals surface area contributed by atoms with Crippen LogP contribution in [-0.4, -0.2) is 24.6 Å². The van der Waals surface area contributed by atoms with Gasteiger partial charge in [0.2, 0.25) is 5.82 Å². The van der Waals surface area contributed by atoms with E-state index in [0.717, 1.165) is 21.4 Å². The lowest BCUT2D eigenvalue weighted by Gasteiger charge is -2.04. The van der Waals surface area contributed by atoms with E-state index in [1.807, 2.05) is 37.3 Å². The lowest BCUT2D eigenvalue weighted by atomic mass is 10.1. The Hall–Kier alpha value is -3.92. The fourth-order valence-corrected chi connectivity index (χ4v) is 5.00. The number of rotatable bonds is 5. The molecule has 10 heteroatoms. The molecular formula is C24H17F2N5O2S. The van der Waals surface area contributed by atoms with Gasteiger partial charge in [-0.1, -0.05) is 17.7 Å². The van der Waals surface area contributed by atoms with Gasteiger partial charge >= 0.3 is 0 Å². The SMILES string of the molecule is Cc1ccc(OCc2ccc(-c3nc4c5sc6nc(C(F)F)cc(C)c6c5ncn4n3)o2)cc1. The highest BCUT2D eigenvalue weighted by Crippen LogP contribution is 2.37. The van der Waals surface area contributed by atoms with Gasteiger partial charge in [0.05, 0.1) is 5.52 Å². The normalized spacial score (nSPS) is 11.9. The quantitative estimate of drug-likeness (QED) is 0.291. The predicted molar refractivity (Wildman–Crippen MR) is 124 cm³/mol. The minimum absolute atomic E-state index is 0.245. The van der Waals surface area contributed by atoms with E-state index in [0.29, 0.717) is 38.9 Å². The Morgan fingerprint density at radius 2 is 1.91 bits per heavy atom. The molecule has 0 fully saturated rings. The Morgan fingerprint density at radius 1 is 1.09 bits per heavy atom. The average molecular weight is 477 g/mol. The van der Waals surface area contributed by atoms with Crippen LogP contribution in [0.1, 0.15) is 29.0 Å². The second kappa shape index (κ2) is 7.84. The standard InChI is InChI=1S/C24H17F2N5O2S/c1-12-3-5-14(6-4-12)32-10-15-7-8-17(33-15)22-29-23-20-19(27-11-31(23)30-22)18-13(2)9-16(21(25)26)28-24(18)34-20/h3-9,11,21H,10H2,1-2H3. The van der Waals surface area contributed by atoms with Crippen LogP contribution in [0.5, 0.6) is 5.75 Å². The molecule has 0 amide bonds. The topological polar surface area (TPSA) is 78.3 Å². The first kappa shape index (κ1) is 20.7. The number of nitrogens with zero attached hydrogens (tertiary/aromatic N) is 5. The molecule has 0 spiro atoms. The van der Waals surface area contributed by atoms with Gasteiger partial charge in [-0.15, -0.1) is 16.4 Å². The van der Waals surface area contributed by atoms with E-state index in [1.165, 1.54) is 17.4 Å². The maximum absolute atomic E-state index is 13.2. The van der Waals surface area contributed by atoms with Gasteiger partial charge in [-0.05, 0) is 49.7 Å². The molecule has 0 aliphatic rings. The third-order valence-corrected chi connectivity index (χ3v) is 6.56. The van der Waals surface area contributed by atoms with Crippen molar-refractivity contribution < 1.29 is 17.9 Å². The molecule has 0 bridgehead atoms. The summed E-state index contributed by atoms with van der Waals surface area (Å²) in [4.78, 5) is 13.8. The number of ether oxygens (including phenoxy) is 1. The van der Waals surface area contributed by atoms with Gasteiger partial charge in [-0.3, -0.25) is 0 Å². The van der Waals surface area contributed by atoms with Crippen LogP contribution in [0.4, 0.5) is 8.78 Å². The summed E-state index contributed by atoms with van der Waals surface area (Å²) < 4.78 is 40.4. The number of hydrogen-bond acceptors (Lipinski definition) is 7. The van der Waals surface area contributed by atoms with Gasteiger partial charge in [0.1, 0.15) is 39.7 Å². The van der Waals surface area contributed by atoms with Crippen LogP contribution in [0.2, 0.25) is 0 Å². The van der Waals surface area contributed by atoms with E-state index in [4.69, 9.17) is 9.15 Å². The van der Waals surface area contributed by atoms with Crippen LogP contribution in [0.25, 0.3) is 37.7 Å². The number of hydrogen-bond donors (Lipinski definition) is 0. The van der Waals surface area contributed by atoms with Crippen LogP contribution in [0.15, 0.2) is 53.2 Å². The summed E-state index contributed by atoms with van der Waals surface area (Å²) in [5.74, 6) is 2.28. The largest absolute Gasteiger partial charge is 0.486 e. The number of furan rings is 1. The first-order chi connectivity index (χ1) is 16.5. The van der Waals surface area contributed by atoms with E-state index >= 15 is 0 Å². The summed E-state index contributed by atoms with van der Waals surface area (Å²) >= 11 is 1.28. The molecule has 0 unspecified atom stereocenters. The summed E-state index contributed by atoms with van der Waals surface area (Å²) in [5.41, 5.74) is 2.85. The van der Waals surface area contributed by atoms with Crippen molar-refractivity contribution in [3.8, 4) is 17.3 Å². The van der Waals surface area contributed by atoms with E-state index < -0.39 is 6.43 Å². The predicted octanol–water partition coefficient (Wildman–Crippen LogP) is 6.28. The molecule has 7 nitrogen and oxygen atoms in total. The van der Waals surface area contributed by atoms with Gasteiger partial charge < -0.3 is 9.15 Å². The summed E-state index contributed by atoms with van der Waals surface area (Å²) in [6, 6.07) is 12.8. The number of pyridine rings is 1. The van der Waals surface area contributed by atoms with E-state index in [2.05, 4.69) is 20.1 Å². The molecule has 34 heavy (non-hydrogen) atoms. The summed E-state index contributed by atoms with van der Waals surface area (Å²) in [5, 5.41) is 5.24. The number of halogens is 2. The molecule has 5 aromatic heterocycles. The third-order valence-electron chi connectivity index (χ3n) is 5.49. The molecular weight excluding hydrogens is 460 g/mol. The van der Waals surface area contributed by atoms with Crippen LogP contribution in [0.3, 0.4) is 0 Å². The molecule has 6 aromatic rings. The maximum atomic E-state index is 13.2. The van der Waals surface area contributed by atoms with Crippen molar-refractivity contribution in [2.24, 2.45) is 0 Å². The molecule has 170 valence electrons. The number of alkyl halides is 2.